The Morgan fingerprint density at radius 3 is 2.86 bits per heavy atom. The third-order valence-electron chi connectivity index (χ3n) is 2.97. The van der Waals surface area contributed by atoms with E-state index in [1.165, 1.54) is 0 Å². The molecule has 0 fully saturated rings. The SMILES string of the molecule is CC(C)(C)SCCNC(=O)/C=C\c1c[nH]c2ccccc12. The normalized spacial score (nSPS) is 12.1. The maximum atomic E-state index is 11.8. The number of aromatic nitrogens is 1. The largest absolute Gasteiger partial charge is 0.361 e. The molecule has 1 aromatic carbocycles. The first-order chi connectivity index (χ1) is 9.96. The molecule has 0 spiro atoms. The van der Waals surface area contributed by atoms with Crippen LogP contribution in [-0.2, 0) is 4.79 Å². The van der Waals surface area contributed by atoms with Crippen molar-refractivity contribution in [3.8, 4) is 0 Å². The summed E-state index contributed by atoms with van der Waals surface area (Å²) >= 11 is 1.85. The van der Waals surface area contributed by atoms with E-state index in [0.717, 1.165) is 22.2 Å². The van der Waals surface area contributed by atoms with Crippen molar-refractivity contribution in [1.82, 2.24) is 10.3 Å². The lowest BCUT2D eigenvalue weighted by atomic mass is 10.1. The van der Waals surface area contributed by atoms with Gasteiger partial charge in [-0.3, -0.25) is 4.79 Å². The van der Waals surface area contributed by atoms with Gasteiger partial charge in [0.1, 0.15) is 0 Å². The molecule has 0 saturated carbocycles. The van der Waals surface area contributed by atoms with Crippen molar-refractivity contribution in [3.05, 3.63) is 42.1 Å². The molecule has 1 aromatic heterocycles. The second-order valence-corrected chi connectivity index (χ2v) is 7.80. The molecular formula is C17H22N2OS. The lowest BCUT2D eigenvalue weighted by Gasteiger charge is -2.17. The maximum Gasteiger partial charge on any atom is 0.244 e. The number of thioether (sulfide) groups is 1. The van der Waals surface area contributed by atoms with Gasteiger partial charge in [0.05, 0.1) is 0 Å². The van der Waals surface area contributed by atoms with Crippen LogP contribution in [0.5, 0.6) is 0 Å². The van der Waals surface area contributed by atoms with Crippen molar-refractivity contribution >= 4 is 34.6 Å². The lowest BCUT2D eigenvalue weighted by Crippen LogP contribution is -2.25. The maximum absolute atomic E-state index is 11.8. The van der Waals surface area contributed by atoms with Gasteiger partial charge in [-0.15, -0.1) is 0 Å². The van der Waals surface area contributed by atoms with Crippen molar-refractivity contribution in [1.29, 1.82) is 0 Å². The topological polar surface area (TPSA) is 44.9 Å². The number of carbonyl (C=O) groups is 1. The summed E-state index contributed by atoms with van der Waals surface area (Å²) in [4.78, 5) is 15.0. The third-order valence-corrected chi connectivity index (χ3v) is 4.25. The molecule has 0 atom stereocenters. The Morgan fingerprint density at radius 2 is 2.10 bits per heavy atom. The number of H-pyrrole nitrogens is 1. The van der Waals surface area contributed by atoms with E-state index in [9.17, 15) is 4.79 Å². The van der Waals surface area contributed by atoms with E-state index in [-0.39, 0.29) is 10.7 Å². The monoisotopic (exact) mass is 302 g/mol. The van der Waals surface area contributed by atoms with Gasteiger partial charge in [0, 0.05) is 40.2 Å². The Kier molecular flexibility index (Phi) is 5.12. The van der Waals surface area contributed by atoms with Gasteiger partial charge >= 0.3 is 0 Å². The number of para-hydroxylation sites is 1. The van der Waals surface area contributed by atoms with Crippen LogP contribution in [0, 0.1) is 0 Å². The van der Waals surface area contributed by atoms with Crippen molar-refractivity contribution in [2.24, 2.45) is 0 Å². The van der Waals surface area contributed by atoms with E-state index < -0.39 is 0 Å². The van der Waals surface area contributed by atoms with Gasteiger partial charge in [-0.1, -0.05) is 39.0 Å². The Hall–Kier alpha value is -1.68. The fourth-order valence-corrected chi connectivity index (χ4v) is 2.80. The number of rotatable bonds is 5. The van der Waals surface area contributed by atoms with E-state index in [1.54, 1.807) is 6.08 Å². The molecule has 2 rings (SSSR count). The van der Waals surface area contributed by atoms with Crippen LogP contribution >= 0.6 is 11.8 Å². The molecule has 112 valence electrons. The molecular weight excluding hydrogens is 280 g/mol. The average Bonchev–Trinajstić information content (AvgIpc) is 2.84. The molecule has 21 heavy (non-hydrogen) atoms. The van der Waals surface area contributed by atoms with Gasteiger partial charge in [0.25, 0.3) is 0 Å². The zero-order valence-electron chi connectivity index (χ0n) is 12.8. The minimum Gasteiger partial charge on any atom is -0.361 e. The van der Waals surface area contributed by atoms with Gasteiger partial charge in [0.15, 0.2) is 0 Å². The predicted molar refractivity (Wildman–Crippen MR) is 92.6 cm³/mol. The molecule has 1 heterocycles. The van der Waals surface area contributed by atoms with Crippen molar-refractivity contribution in [2.45, 2.75) is 25.5 Å². The van der Waals surface area contributed by atoms with E-state index >= 15 is 0 Å². The van der Waals surface area contributed by atoms with Gasteiger partial charge in [0.2, 0.25) is 5.91 Å². The highest BCUT2D eigenvalue weighted by Gasteiger charge is 2.09. The molecule has 3 nitrogen and oxygen atoms in total. The van der Waals surface area contributed by atoms with Gasteiger partial charge in [-0.05, 0) is 17.7 Å². The van der Waals surface area contributed by atoms with Crippen LogP contribution in [0.15, 0.2) is 36.5 Å². The minimum absolute atomic E-state index is 0.0465. The molecule has 4 heteroatoms. The van der Waals surface area contributed by atoms with E-state index in [1.807, 2.05) is 48.3 Å². The summed E-state index contributed by atoms with van der Waals surface area (Å²) in [5.41, 5.74) is 2.11. The highest BCUT2D eigenvalue weighted by atomic mass is 32.2. The number of amides is 1. The molecule has 0 aliphatic rings. The number of benzene rings is 1. The molecule has 2 N–H and O–H groups in total. The molecule has 0 radical (unpaired) electrons. The zero-order chi connectivity index (χ0) is 15.3. The minimum atomic E-state index is -0.0465. The summed E-state index contributed by atoms with van der Waals surface area (Å²) in [5.74, 6) is 0.880. The Morgan fingerprint density at radius 1 is 1.33 bits per heavy atom. The summed E-state index contributed by atoms with van der Waals surface area (Å²) in [6.07, 6.45) is 5.37. The van der Waals surface area contributed by atoms with Crippen LogP contribution < -0.4 is 5.32 Å². The van der Waals surface area contributed by atoms with Gasteiger partial charge < -0.3 is 10.3 Å². The van der Waals surface area contributed by atoms with Crippen LogP contribution in [0.2, 0.25) is 0 Å². The summed E-state index contributed by atoms with van der Waals surface area (Å²) in [7, 11) is 0. The quantitative estimate of drug-likeness (QED) is 0.651. The zero-order valence-corrected chi connectivity index (χ0v) is 13.6. The molecule has 1 amide bonds. The van der Waals surface area contributed by atoms with E-state index in [4.69, 9.17) is 0 Å². The number of fused-ring (bicyclic) bond motifs is 1. The third kappa shape index (κ3) is 4.97. The van der Waals surface area contributed by atoms with Crippen LogP contribution in [0.4, 0.5) is 0 Å². The second-order valence-electron chi connectivity index (χ2n) is 5.87. The molecule has 0 unspecified atom stereocenters. The number of nitrogens with one attached hydrogen (secondary N) is 2. The van der Waals surface area contributed by atoms with Crippen LogP contribution in [0.25, 0.3) is 17.0 Å². The first-order valence-electron chi connectivity index (χ1n) is 7.12. The summed E-state index contributed by atoms with van der Waals surface area (Å²) in [6.45, 7) is 7.22. The highest BCUT2D eigenvalue weighted by Crippen LogP contribution is 2.22. The van der Waals surface area contributed by atoms with Crippen molar-refractivity contribution in [3.63, 3.8) is 0 Å². The van der Waals surface area contributed by atoms with Crippen LogP contribution in [-0.4, -0.2) is 27.9 Å². The molecule has 0 aliphatic carbocycles. The Balaban J connectivity index is 1.85. The lowest BCUT2D eigenvalue weighted by molar-refractivity contribution is -0.116. The first kappa shape index (κ1) is 15.7. The molecule has 0 saturated heterocycles. The van der Waals surface area contributed by atoms with Crippen LogP contribution in [0.1, 0.15) is 26.3 Å². The molecule has 0 bridgehead atoms. The van der Waals surface area contributed by atoms with Crippen molar-refractivity contribution in [2.75, 3.05) is 12.3 Å². The first-order valence-corrected chi connectivity index (χ1v) is 8.10. The number of hydrogen-bond acceptors (Lipinski definition) is 2. The van der Waals surface area contributed by atoms with E-state index in [2.05, 4.69) is 31.1 Å². The standard InChI is InChI=1S/C17H22N2OS/c1-17(2,3)21-11-10-18-16(20)9-8-13-12-19-15-7-5-4-6-14(13)15/h4-9,12,19H,10-11H2,1-3H3,(H,18,20)/b9-8-. The fourth-order valence-electron chi connectivity index (χ4n) is 1.99. The molecule has 2 aromatic rings. The molecule has 0 aliphatic heterocycles. The number of carbonyl (C=O) groups excluding carboxylic acids is 1. The van der Waals surface area contributed by atoms with Gasteiger partial charge in [-0.25, -0.2) is 0 Å². The number of hydrogen-bond donors (Lipinski definition) is 2. The summed E-state index contributed by atoms with van der Waals surface area (Å²) in [5, 5.41) is 4.04. The Labute approximate surface area is 130 Å². The van der Waals surface area contributed by atoms with Crippen LogP contribution in [0.3, 0.4) is 0 Å². The van der Waals surface area contributed by atoms with Gasteiger partial charge in [-0.2, -0.15) is 11.8 Å². The summed E-state index contributed by atoms with van der Waals surface area (Å²) in [6, 6.07) is 8.06. The summed E-state index contributed by atoms with van der Waals surface area (Å²) < 4.78 is 0.241. The fraction of sp³-hybridized carbons (Fsp3) is 0.353. The average molecular weight is 302 g/mol. The smallest absolute Gasteiger partial charge is 0.244 e. The highest BCUT2D eigenvalue weighted by molar-refractivity contribution is 8.00. The number of aromatic amines is 1. The second kappa shape index (κ2) is 6.85. The van der Waals surface area contributed by atoms with Crippen molar-refractivity contribution < 1.29 is 4.79 Å². The van der Waals surface area contributed by atoms with E-state index in [0.29, 0.717) is 6.54 Å². The Bertz CT molecular complexity index is 638. The predicted octanol–water partition coefficient (Wildman–Crippen LogP) is 3.83.